The molecule has 0 aromatic heterocycles. The van der Waals surface area contributed by atoms with E-state index < -0.39 is 11.4 Å². The normalized spacial score (nSPS) is 13.8. The van der Waals surface area contributed by atoms with Crippen molar-refractivity contribution in [2.24, 2.45) is 5.41 Å². The fourth-order valence-electron chi connectivity index (χ4n) is 0.418. The zero-order valence-electron chi connectivity index (χ0n) is 7.01. The lowest BCUT2D eigenvalue weighted by Gasteiger charge is -2.33. The van der Waals surface area contributed by atoms with Crippen molar-refractivity contribution in [2.75, 3.05) is 6.61 Å². The second-order valence-electron chi connectivity index (χ2n) is 3.29. The molecular weight excluding hydrogens is 132 g/mol. The smallest absolute Gasteiger partial charge is 0.282 e. The standard InChI is InChI=1S/C7H16O3/c1-5-10-7(8,9)6(2,3)4/h8-9H,5H2,1-4H3. The Morgan fingerprint density at radius 1 is 1.20 bits per heavy atom. The second-order valence-corrected chi connectivity index (χ2v) is 3.29. The molecule has 0 bridgehead atoms. The van der Waals surface area contributed by atoms with Crippen molar-refractivity contribution >= 4 is 0 Å². The summed E-state index contributed by atoms with van der Waals surface area (Å²) in [4.78, 5) is 0. The first kappa shape index (κ1) is 9.88. The molecule has 0 amide bonds. The minimum atomic E-state index is -2.01. The van der Waals surface area contributed by atoms with Crippen LogP contribution < -0.4 is 0 Å². The van der Waals surface area contributed by atoms with Gasteiger partial charge in [0.2, 0.25) is 0 Å². The van der Waals surface area contributed by atoms with E-state index in [1.165, 1.54) is 0 Å². The van der Waals surface area contributed by atoms with Gasteiger partial charge in [-0.2, -0.15) is 0 Å². The average molecular weight is 148 g/mol. The Labute approximate surface area is 61.6 Å². The lowest BCUT2D eigenvalue weighted by atomic mass is 9.93. The van der Waals surface area contributed by atoms with Crippen molar-refractivity contribution in [2.45, 2.75) is 33.7 Å². The largest absolute Gasteiger partial charge is 0.343 e. The Morgan fingerprint density at radius 2 is 1.60 bits per heavy atom. The molecule has 0 aromatic rings. The van der Waals surface area contributed by atoms with Gasteiger partial charge in [0.1, 0.15) is 0 Å². The van der Waals surface area contributed by atoms with Crippen LogP contribution in [0.15, 0.2) is 0 Å². The first-order chi connectivity index (χ1) is 4.31. The Bertz CT molecular complexity index is 102. The van der Waals surface area contributed by atoms with Gasteiger partial charge in [-0.3, -0.25) is 0 Å². The number of hydrogen-bond acceptors (Lipinski definition) is 3. The molecule has 0 rings (SSSR count). The predicted molar refractivity (Wildman–Crippen MR) is 38.2 cm³/mol. The highest BCUT2D eigenvalue weighted by Crippen LogP contribution is 2.28. The van der Waals surface area contributed by atoms with E-state index in [0.29, 0.717) is 6.61 Å². The van der Waals surface area contributed by atoms with Gasteiger partial charge in [0.15, 0.2) is 0 Å². The van der Waals surface area contributed by atoms with Crippen molar-refractivity contribution in [3.05, 3.63) is 0 Å². The van der Waals surface area contributed by atoms with Gasteiger partial charge >= 0.3 is 0 Å². The maximum atomic E-state index is 9.18. The molecule has 0 aromatic carbocycles. The third kappa shape index (κ3) is 2.25. The molecule has 10 heavy (non-hydrogen) atoms. The SMILES string of the molecule is CCOC(O)(O)C(C)(C)C. The Morgan fingerprint density at radius 3 is 1.70 bits per heavy atom. The molecule has 0 aliphatic rings. The van der Waals surface area contributed by atoms with Crippen LogP contribution in [0.4, 0.5) is 0 Å². The van der Waals surface area contributed by atoms with E-state index >= 15 is 0 Å². The number of hydrogen-bond donors (Lipinski definition) is 2. The summed E-state index contributed by atoms with van der Waals surface area (Å²) in [6.45, 7) is 7.10. The molecule has 62 valence electrons. The summed E-state index contributed by atoms with van der Waals surface area (Å²) in [5.41, 5.74) is -0.664. The molecule has 0 heterocycles. The molecule has 0 aliphatic heterocycles. The van der Waals surface area contributed by atoms with Crippen molar-refractivity contribution in [3.63, 3.8) is 0 Å². The Kier molecular flexibility index (Phi) is 2.83. The molecule has 2 N–H and O–H groups in total. The molecule has 0 fully saturated rings. The first-order valence-corrected chi connectivity index (χ1v) is 3.40. The molecule has 3 nitrogen and oxygen atoms in total. The minimum Gasteiger partial charge on any atom is -0.343 e. The highest BCUT2D eigenvalue weighted by atomic mass is 16.8. The summed E-state index contributed by atoms with van der Waals surface area (Å²) in [7, 11) is 0. The molecule has 0 atom stereocenters. The topological polar surface area (TPSA) is 49.7 Å². The Balaban J connectivity index is 4.10. The summed E-state index contributed by atoms with van der Waals surface area (Å²) in [6.07, 6.45) is 0. The van der Waals surface area contributed by atoms with Crippen molar-refractivity contribution < 1.29 is 14.9 Å². The second kappa shape index (κ2) is 2.86. The average Bonchev–Trinajstić information content (AvgIpc) is 1.61. The van der Waals surface area contributed by atoms with Crippen LogP contribution in [0.1, 0.15) is 27.7 Å². The van der Waals surface area contributed by atoms with Crippen LogP contribution in [0.25, 0.3) is 0 Å². The van der Waals surface area contributed by atoms with Crippen LogP contribution in [-0.2, 0) is 4.74 Å². The van der Waals surface area contributed by atoms with Gasteiger partial charge in [0, 0.05) is 12.0 Å². The predicted octanol–water partition coefficient (Wildman–Crippen LogP) is 0.707. The fraction of sp³-hybridized carbons (Fsp3) is 1.00. The van der Waals surface area contributed by atoms with Gasteiger partial charge < -0.3 is 14.9 Å². The van der Waals surface area contributed by atoms with Gasteiger partial charge in [-0.05, 0) is 6.92 Å². The summed E-state index contributed by atoms with van der Waals surface area (Å²) >= 11 is 0. The summed E-state index contributed by atoms with van der Waals surface area (Å²) in [5, 5.41) is 18.4. The van der Waals surface area contributed by atoms with Gasteiger partial charge in [-0.15, -0.1) is 0 Å². The van der Waals surface area contributed by atoms with E-state index in [1.807, 2.05) is 0 Å². The highest BCUT2D eigenvalue weighted by Gasteiger charge is 2.38. The molecule has 0 radical (unpaired) electrons. The zero-order valence-corrected chi connectivity index (χ0v) is 7.01. The third-order valence-electron chi connectivity index (χ3n) is 1.32. The summed E-state index contributed by atoms with van der Waals surface area (Å²) in [5.74, 6) is -2.01. The lowest BCUT2D eigenvalue weighted by Crippen LogP contribution is -2.45. The van der Waals surface area contributed by atoms with Crippen molar-refractivity contribution in [1.82, 2.24) is 0 Å². The quantitative estimate of drug-likeness (QED) is 0.567. The maximum absolute atomic E-state index is 9.18. The monoisotopic (exact) mass is 148 g/mol. The van der Waals surface area contributed by atoms with Gasteiger partial charge in [0.05, 0.1) is 0 Å². The van der Waals surface area contributed by atoms with Gasteiger partial charge in [-0.1, -0.05) is 20.8 Å². The fourth-order valence-corrected chi connectivity index (χ4v) is 0.418. The van der Waals surface area contributed by atoms with Crippen LogP contribution >= 0.6 is 0 Å². The van der Waals surface area contributed by atoms with Crippen LogP contribution in [-0.4, -0.2) is 22.8 Å². The van der Waals surface area contributed by atoms with E-state index in [0.717, 1.165) is 0 Å². The highest BCUT2D eigenvalue weighted by molar-refractivity contribution is 4.70. The van der Waals surface area contributed by atoms with Crippen LogP contribution in [0.2, 0.25) is 0 Å². The molecular formula is C7H16O3. The zero-order chi connectivity index (χ0) is 8.41. The Hall–Kier alpha value is -0.120. The number of aliphatic hydroxyl groups is 2. The maximum Gasteiger partial charge on any atom is 0.282 e. The lowest BCUT2D eigenvalue weighted by molar-refractivity contribution is -0.384. The summed E-state index contributed by atoms with van der Waals surface area (Å²) < 4.78 is 4.70. The molecule has 0 saturated carbocycles. The van der Waals surface area contributed by atoms with Gasteiger partial charge in [-0.25, -0.2) is 0 Å². The molecule has 0 spiro atoms. The van der Waals surface area contributed by atoms with E-state index in [4.69, 9.17) is 4.74 Å². The first-order valence-electron chi connectivity index (χ1n) is 3.40. The minimum absolute atomic E-state index is 0.296. The molecule has 0 unspecified atom stereocenters. The molecule has 0 aliphatic carbocycles. The van der Waals surface area contributed by atoms with Gasteiger partial charge in [0.25, 0.3) is 5.97 Å². The van der Waals surface area contributed by atoms with Crippen LogP contribution in [0, 0.1) is 5.41 Å². The van der Waals surface area contributed by atoms with E-state index in [1.54, 1.807) is 27.7 Å². The van der Waals surface area contributed by atoms with Crippen molar-refractivity contribution in [1.29, 1.82) is 0 Å². The van der Waals surface area contributed by atoms with Crippen LogP contribution in [0.5, 0.6) is 0 Å². The summed E-state index contributed by atoms with van der Waals surface area (Å²) in [6, 6.07) is 0. The van der Waals surface area contributed by atoms with E-state index in [9.17, 15) is 10.2 Å². The number of ether oxygens (including phenoxy) is 1. The molecule has 3 heteroatoms. The van der Waals surface area contributed by atoms with Crippen LogP contribution in [0.3, 0.4) is 0 Å². The van der Waals surface area contributed by atoms with Crippen molar-refractivity contribution in [3.8, 4) is 0 Å². The van der Waals surface area contributed by atoms with E-state index in [2.05, 4.69) is 0 Å². The third-order valence-corrected chi connectivity index (χ3v) is 1.32. The number of rotatable bonds is 2. The molecule has 0 saturated heterocycles. The van der Waals surface area contributed by atoms with E-state index in [-0.39, 0.29) is 0 Å².